The number of aromatic nitrogens is 1. The van der Waals surface area contributed by atoms with Crippen LogP contribution in [0.4, 0.5) is 8.78 Å². The van der Waals surface area contributed by atoms with Gasteiger partial charge in [-0.25, -0.2) is 14.2 Å². The standard InChI is InChI=1S/C13H13F2N3/c1-8-5-6-17-7-10(8)13(18-16)9-3-2-4-11(14)12(9)15/h2-7,13,18H,16H2,1H3. The van der Waals surface area contributed by atoms with E-state index in [1.165, 1.54) is 12.1 Å². The third kappa shape index (κ3) is 2.23. The van der Waals surface area contributed by atoms with Gasteiger partial charge in [-0.15, -0.1) is 0 Å². The van der Waals surface area contributed by atoms with Gasteiger partial charge in [0.1, 0.15) is 0 Å². The second-order valence-electron chi connectivity index (χ2n) is 3.97. The van der Waals surface area contributed by atoms with Crippen molar-refractivity contribution in [3.63, 3.8) is 0 Å². The van der Waals surface area contributed by atoms with Crippen LogP contribution >= 0.6 is 0 Å². The molecule has 1 atom stereocenters. The molecule has 3 nitrogen and oxygen atoms in total. The van der Waals surface area contributed by atoms with Gasteiger partial charge in [-0.1, -0.05) is 12.1 Å². The van der Waals surface area contributed by atoms with E-state index in [1.807, 2.05) is 6.92 Å². The van der Waals surface area contributed by atoms with Gasteiger partial charge in [0.25, 0.3) is 0 Å². The lowest BCUT2D eigenvalue weighted by Crippen LogP contribution is -2.30. The van der Waals surface area contributed by atoms with Gasteiger partial charge in [-0.05, 0) is 30.2 Å². The maximum atomic E-state index is 13.8. The Balaban J connectivity index is 2.53. The highest BCUT2D eigenvalue weighted by Crippen LogP contribution is 2.26. The topological polar surface area (TPSA) is 50.9 Å². The fourth-order valence-electron chi connectivity index (χ4n) is 1.87. The van der Waals surface area contributed by atoms with Crippen LogP contribution in [0.2, 0.25) is 0 Å². The first-order valence-corrected chi connectivity index (χ1v) is 5.45. The maximum Gasteiger partial charge on any atom is 0.163 e. The first-order valence-electron chi connectivity index (χ1n) is 5.45. The van der Waals surface area contributed by atoms with Crippen molar-refractivity contribution in [2.24, 2.45) is 5.84 Å². The molecule has 3 N–H and O–H groups in total. The molecule has 18 heavy (non-hydrogen) atoms. The Morgan fingerprint density at radius 1 is 1.22 bits per heavy atom. The Kier molecular flexibility index (Phi) is 3.64. The first kappa shape index (κ1) is 12.6. The van der Waals surface area contributed by atoms with Crippen molar-refractivity contribution in [1.82, 2.24) is 10.4 Å². The SMILES string of the molecule is Cc1ccncc1C(NN)c1cccc(F)c1F. The fourth-order valence-corrected chi connectivity index (χ4v) is 1.87. The molecule has 1 unspecified atom stereocenters. The Morgan fingerprint density at radius 2 is 2.00 bits per heavy atom. The molecule has 0 saturated carbocycles. The quantitative estimate of drug-likeness (QED) is 0.647. The molecule has 0 fully saturated rings. The molecule has 94 valence electrons. The third-order valence-corrected chi connectivity index (χ3v) is 2.85. The molecule has 0 bridgehead atoms. The Hall–Kier alpha value is -1.85. The minimum Gasteiger partial charge on any atom is -0.271 e. The van der Waals surface area contributed by atoms with E-state index in [-0.39, 0.29) is 5.56 Å². The van der Waals surface area contributed by atoms with Gasteiger partial charge >= 0.3 is 0 Å². The van der Waals surface area contributed by atoms with Crippen molar-refractivity contribution in [1.29, 1.82) is 0 Å². The van der Waals surface area contributed by atoms with Gasteiger partial charge in [-0.2, -0.15) is 0 Å². The molecule has 0 aliphatic rings. The van der Waals surface area contributed by atoms with Crippen molar-refractivity contribution in [3.8, 4) is 0 Å². The molecule has 2 aromatic rings. The van der Waals surface area contributed by atoms with Gasteiger partial charge < -0.3 is 0 Å². The summed E-state index contributed by atoms with van der Waals surface area (Å²) in [4.78, 5) is 3.98. The highest BCUT2D eigenvalue weighted by Gasteiger charge is 2.20. The van der Waals surface area contributed by atoms with E-state index in [1.54, 1.807) is 18.5 Å². The second-order valence-corrected chi connectivity index (χ2v) is 3.97. The summed E-state index contributed by atoms with van der Waals surface area (Å²) < 4.78 is 27.0. The monoisotopic (exact) mass is 249 g/mol. The van der Waals surface area contributed by atoms with Crippen LogP contribution in [-0.2, 0) is 0 Å². The van der Waals surface area contributed by atoms with E-state index in [4.69, 9.17) is 5.84 Å². The Morgan fingerprint density at radius 3 is 2.67 bits per heavy atom. The van der Waals surface area contributed by atoms with Gasteiger partial charge in [-0.3, -0.25) is 10.8 Å². The normalized spacial score (nSPS) is 12.4. The lowest BCUT2D eigenvalue weighted by molar-refractivity contribution is 0.482. The number of hydrazine groups is 1. The number of hydrogen-bond acceptors (Lipinski definition) is 3. The number of benzene rings is 1. The van der Waals surface area contributed by atoms with E-state index in [0.717, 1.165) is 11.6 Å². The second kappa shape index (κ2) is 5.20. The van der Waals surface area contributed by atoms with Gasteiger partial charge in [0.15, 0.2) is 11.6 Å². The Labute approximate surface area is 104 Å². The van der Waals surface area contributed by atoms with Crippen molar-refractivity contribution in [3.05, 3.63) is 65.0 Å². The van der Waals surface area contributed by atoms with Crippen LogP contribution in [0.25, 0.3) is 0 Å². The summed E-state index contributed by atoms with van der Waals surface area (Å²) in [7, 11) is 0. The van der Waals surface area contributed by atoms with Crippen LogP contribution in [-0.4, -0.2) is 4.98 Å². The van der Waals surface area contributed by atoms with Crippen LogP contribution in [0, 0.1) is 18.6 Å². The molecule has 0 amide bonds. The van der Waals surface area contributed by atoms with E-state index in [9.17, 15) is 8.78 Å². The molecule has 1 heterocycles. The predicted molar refractivity (Wildman–Crippen MR) is 64.5 cm³/mol. The molecule has 1 aromatic heterocycles. The number of nitrogens with one attached hydrogen (secondary N) is 1. The smallest absolute Gasteiger partial charge is 0.163 e. The maximum absolute atomic E-state index is 13.8. The summed E-state index contributed by atoms with van der Waals surface area (Å²) in [5.74, 6) is 3.66. The molecule has 2 rings (SSSR count). The number of pyridine rings is 1. The number of hydrogen-bond donors (Lipinski definition) is 2. The summed E-state index contributed by atoms with van der Waals surface area (Å²) in [6.07, 6.45) is 3.22. The molecular formula is C13H13F2N3. The zero-order valence-corrected chi connectivity index (χ0v) is 9.82. The third-order valence-electron chi connectivity index (χ3n) is 2.85. The molecule has 0 spiro atoms. The summed E-state index contributed by atoms with van der Waals surface area (Å²) in [5.41, 5.74) is 4.27. The van der Waals surface area contributed by atoms with Crippen LogP contribution < -0.4 is 11.3 Å². The first-order chi connectivity index (χ1) is 8.65. The zero-order chi connectivity index (χ0) is 13.1. The zero-order valence-electron chi connectivity index (χ0n) is 9.82. The van der Waals surface area contributed by atoms with E-state index < -0.39 is 17.7 Å². The predicted octanol–water partition coefficient (Wildman–Crippen LogP) is 2.22. The number of aryl methyl sites for hydroxylation is 1. The number of nitrogens with two attached hydrogens (primary N) is 1. The van der Waals surface area contributed by atoms with Crippen LogP contribution in [0.15, 0.2) is 36.7 Å². The summed E-state index contributed by atoms with van der Waals surface area (Å²) in [6.45, 7) is 1.86. The summed E-state index contributed by atoms with van der Waals surface area (Å²) in [5, 5.41) is 0. The molecule has 5 heteroatoms. The average molecular weight is 249 g/mol. The average Bonchev–Trinajstić information content (AvgIpc) is 2.37. The molecule has 0 aliphatic heterocycles. The molecule has 0 saturated heterocycles. The summed E-state index contributed by atoms with van der Waals surface area (Å²) >= 11 is 0. The minimum absolute atomic E-state index is 0.161. The van der Waals surface area contributed by atoms with Crippen molar-refractivity contribution in [2.75, 3.05) is 0 Å². The number of halogens is 2. The highest BCUT2D eigenvalue weighted by molar-refractivity contribution is 5.35. The molecule has 0 radical (unpaired) electrons. The molecule has 1 aromatic carbocycles. The van der Waals surface area contributed by atoms with Crippen LogP contribution in [0.1, 0.15) is 22.7 Å². The largest absolute Gasteiger partial charge is 0.271 e. The highest BCUT2D eigenvalue weighted by atomic mass is 19.2. The molecular weight excluding hydrogens is 236 g/mol. The van der Waals surface area contributed by atoms with Gasteiger partial charge in [0.2, 0.25) is 0 Å². The van der Waals surface area contributed by atoms with Gasteiger partial charge in [0, 0.05) is 18.0 Å². The number of nitrogens with zero attached hydrogens (tertiary/aromatic N) is 1. The van der Waals surface area contributed by atoms with Gasteiger partial charge in [0.05, 0.1) is 6.04 Å². The van der Waals surface area contributed by atoms with E-state index in [0.29, 0.717) is 5.56 Å². The summed E-state index contributed by atoms with van der Waals surface area (Å²) in [6, 6.07) is 5.17. The van der Waals surface area contributed by atoms with Crippen LogP contribution in [0.5, 0.6) is 0 Å². The van der Waals surface area contributed by atoms with E-state index >= 15 is 0 Å². The van der Waals surface area contributed by atoms with Crippen molar-refractivity contribution in [2.45, 2.75) is 13.0 Å². The van der Waals surface area contributed by atoms with Crippen molar-refractivity contribution < 1.29 is 8.78 Å². The lowest BCUT2D eigenvalue weighted by Gasteiger charge is -2.19. The Bertz CT molecular complexity index is 558. The van der Waals surface area contributed by atoms with E-state index in [2.05, 4.69) is 10.4 Å². The minimum atomic E-state index is -0.899. The lowest BCUT2D eigenvalue weighted by atomic mass is 9.97. The van der Waals surface area contributed by atoms with Crippen molar-refractivity contribution >= 4 is 0 Å². The van der Waals surface area contributed by atoms with Crippen LogP contribution in [0.3, 0.4) is 0 Å². The fraction of sp³-hybridized carbons (Fsp3) is 0.154. The number of rotatable bonds is 3. The molecule has 0 aliphatic carbocycles.